The normalized spacial score (nSPS) is 15.0. The minimum absolute atomic E-state index is 0.00546. The van der Waals surface area contributed by atoms with E-state index in [0.717, 1.165) is 10.9 Å². The van der Waals surface area contributed by atoms with Crippen LogP contribution in [0.5, 0.6) is 0 Å². The SMILES string of the molecule is NS(=O)(=O)c1c(S(=O)(=O)C2CNC2)ccc(-c2ccc3ncccc3c2)c1-c1nnn[nH]1. The molecule has 0 saturated carbocycles. The van der Waals surface area contributed by atoms with Gasteiger partial charge in [0.25, 0.3) is 0 Å². The Kier molecular flexibility index (Phi) is 4.78. The Bertz CT molecular complexity index is 1550. The van der Waals surface area contributed by atoms with Crippen LogP contribution < -0.4 is 10.5 Å². The molecule has 11 nitrogen and oxygen atoms in total. The number of sulfonamides is 1. The Morgan fingerprint density at radius 1 is 1.03 bits per heavy atom. The first-order valence-corrected chi connectivity index (χ1v) is 12.6. The van der Waals surface area contributed by atoms with Gasteiger partial charge in [0.2, 0.25) is 10.0 Å². The van der Waals surface area contributed by atoms with Crippen LogP contribution in [-0.4, -0.2) is 60.8 Å². The molecule has 1 aliphatic heterocycles. The number of pyridine rings is 1. The fourth-order valence-electron chi connectivity index (χ4n) is 3.72. The summed E-state index contributed by atoms with van der Waals surface area (Å²) in [5.41, 5.74) is 1.77. The summed E-state index contributed by atoms with van der Waals surface area (Å²) in [5, 5.41) is 22.0. The van der Waals surface area contributed by atoms with Gasteiger partial charge in [-0.15, -0.1) is 5.10 Å². The highest BCUT2D eigenvalue weighted by molar-refractivity contribution is 7.94. The molecule has 1 aliphatic rings. The van der Waals surface area contributed by atoms with Gasteiger partial charge in [0.1, 0.15) is 4.90 Å². The topological polar surface area (TPSA) is 174 Å². The van der Waals surface area contributed by atoms with E-state index in [-0.39, 0.29) is 29.4 Å². The van der Waals surface area contributed by atoms with E-state index in [1.54, 1.807) is 30.5 Å². The first kappa shape index (κ1) is 20.6. The third-order valence-electron chi connectivity index (χ3n) is 5.39. The average molecular weight is 472 g/mol. The van der Waals surface area contributed by atoms with Crippen LogP contribution in [0.4, 0.5) is 0 Å². The van der Waals surface area contributed by atoms with Crippen molar-refractivity contribution in [1.29, 1.82) is 0 Å². The molecule has 1 saturated heterocycles. The quantitative estimate of drug-likeness (QED) is 0.374. The third kappa shape index (κ3) is 3.35. The van der Waals surface area contributed by atoms with Crippen LogP contribution in [0.1, 0.15) is 0 Å². The summed E-state index contributed by atoms with van der Waals surface area (Å²) < 4.78 is 51.9. The Morgan fingerprint density at radius 2 is 1.84 bits per heavy atom. The Hall–Kier alpha value is -3.26. The highest BCUT2D eigenvalue weighted by Gasteiger charge is 2.38. The minimum Gasteiger partial charge on any atom is -0.314 e. The summed E-state index contributed by atoms with van der Waals surface area (Å²) >= 11 is 0. The number of sulfone groups is 1. The number of rotatable bonds is 5. The average Bonchev–Trinajstić information content (AvgIpc) is 3.24. The maximum atomic E-state index is 13.2. The maximum absolute atomic E-state index is 13.2. The van der Waals surface area contributed by atoms with Crippen molar-refractivity contribution in [3.8, 4) is 22.5 Å². The Labute approximate surface area is 183 Å². The maximum Gasteiger partial charge on any atom is 0.240 e. The lowest BCUT2D eigenvalue weighted by Gasteiger charge is -2.28. The lowest BCUT2D eigenvalue weighted by Crippen LogP contribution is -2.51. The molecule has 0 amide bonds. The molecule has 0 spiro atoms. The van der Waals surface area contributed by atoms with Gasteiger partial charge < -0.3 is 5.32 Å². The Balaban J connectivity index is 1.86. The molecule has 1 fully saturated rings. The van der Waals surface area contributed by atoms with Gasteiger partial charge in [-0.25, -0.2) is 27.1 Å². The van der Waals surface area contributed by atoms with Crippen LogP contribution >= 0.6 is 0 Å². The van der Waals surface area contributed by atoms with E-state index in [9.17, 15) is 16.8 Å². The number of tetrazole rings is 1. The molecule has 0 unspecified atom stereocenters. The number of fused-ring (bicyclic) bond motifs is 1. The van der Waals surface area contributed by atoms with Crippen molar-refractivity contribution in [2.75, 3.05) is 13.1 Å². The van der Waals surface area contributed by atoms with E-state index in [0.29, 0.717) is 11.1 Å². The van der Waals surface area contributed by atoms with Crippen molar-refractivity contribution in [1.82, 2.24) is 30.9 Å². The molecule has 2 aromatic heterocycles. The van der Waals surface area contributed by atoms with E-state index in [1.807, 2.05) is 12.1 Å². The molecule has 5 rings (SSSR count). The zero-order chi connectivity index (χ0) is 22.5. The summed E-state index contributed by atoms with van der Waals surface area (Å²) in [6.07, 6.45) is 1.67. The second-order valence-electron chi connectivity index (χ2n) is 7.35. The zero-order valence-electron chi connectivity index (χ0n) is 16.4. The van der Waals surface area contributed by atoms with Crippen LogP contribution in [-0.2, 0) is 19.9 Å². The number of aromatic nitrogens is 5. The van der Waals surface area contributed by atoms with Crippen LogP contribution in [0.2, 0.25) is 0 Å². The van der Waals surface area contributed by atoms with Gasteiger partial charge in [-0.05, 0) is 45.8 Å². The lowest BCUT2D eigenvalue weighted by atomic mass is 9.97. The summed E-state index contributed by atoms with van der Waals surface area (Å²) in [6.45, 7) is 0.454. The van der Waals surface area contributed by atoms with Gasteiger partial charge >= 0.3 is 0 Å². The summed E-state index contributed by atoms with van der Waals surface area (Å²) in [5.74, 6) is -0.0147. The first-order valence-electron chi connectivity index (χ1n) is 9.50. The predicted molar refractivity (Wildman–Crippen MR) is 116 cm³/mol. The van der Waals surface area contributed by atoms with Crippen molar-refractivity contribution in [3.05, 3.63) is 48.7 Å². The number of hydrogen-bond donors (Lipinski definition) is 3. The molecular formula is C19H17N7O4S2. The largest absolute Gasteiger partial charge is 0.314 e. The zero-order valence-corrected chi connectivity index (χ0v) is 18.1. The fraction of sp³-hybridized carbons (Fsp3) is 0.158. The summed E-state index contributed by atoms with van der Waals surface area (Å²) in [6, 6.07) is 11.8. The van der Waals surface area contributed by atoms with Crippen molar-refractivity contribution >= 4 is 30.8 Å². The minimum atomic E-state index is -4.49. The van der Waals surface area contributed by atoms with Crippen LogP contribution in [0, 0.1) is 0 Å². The standard InChI is InChI=1S/C19H17N7O4S2/c20-32(29,30)18-16(31(27,28)13-9-21-10-13)6-4-14(17(18)19-23-25-26-24-19)11-3-5-15-12(8-11)2-1-7-22-15/h1-8,13,21H,9-10H2,(H2,20,29,30)(H,23,24,25,26). The second kappa shape index (κ2) is 7.41. The van der Waals surface area contributed by atoms with Crippen molar-refractivity contribution in [2.45, 2.75) is 15.0 Å². The van der Waals surface area contributed by atoms with Crippen LogP contribution in [0.25, 0.3) is 33.4 Å². The van der Waals surface area contributed by atoms with E-state index >= 15 is 0 Å². The predicted octanol–water partition coefficient (Wildman–Crippen LogP) is 0.475. The molecule has 4 aromatic rings. The van der Waals surface area contributed by atoms with Gasteiger partial charge in [-0.1, -0.05) is 18.2 Å². The van der Waals surface area contributed by atoms with E-state index in [1.165, 1.54) is 6.07 Å². The van der Waals surface area contributed by atoms with Gasteiger partial charge in [0, 0.05) is 30.2 Å². The monoisotopic (exact) mass is 471 g/mol. The number of aromatic amines is 1. The highest BCUT2D eigenvalue weighted by atomic mass is 32.2. The molecule has 0 aliphatic carbocycles. The van der Waals surface area contributed by atoms with Crippen LogP contribution in [0.15, 0.2) is 58.5 Å². The molecule has 0 radical (unpaired) electrons. The fourth-order valence-corrected chi connectivity index (χ4v) is 6.90. The summed E-state index contributed by atoms with van der Waals surface area (Å²) in [7, 11) is -8.47. The van der Waals surface area contributed by atoms with Crippen LogP contribution in [0.3, 0.4) is 0 Å². The number of H-pyrrole nitrogens is 1. The number of nitrogens with two attached hydrogens (primary N) is 1. The first-order chi connectivity index (χ1) is 15.3. The van der Waals surface area contributed by atoms with Crippen molar-refractivity contribution in [2.24, 2.45) is 5.14 Å². The highest BCUT2D eigenvalue weighted by Crippen LogP contribution is 2.40. The van der Waals surface area contributed by atoms with Gasteiger partial charge in [0.15, 0.2) is 15.7 Å². The number of primary sulfonamides is 1. The number of nitrogens with one attached hydrogen (secondary N) is 2. The molecule has 4 N–H and O–H groups in total. The third-order valence-corrected chi connectivity index (χ3v) is 8.68. The smallest absolute Gasteiger partial charge is 0.240 e. The van der Waals surface area contributed by atoms with Crippen molar-refractivity contribution < 1.29 is 16.8 Å². The summed E-state index contributed by atoms with van der Waals surface area (Å²) in [4.78, 5) is 3.38. The van der Waals surface area contributed by atoms with E-state index in [2.05, 4.69) is 30.9 Å². The molecule has 164 valence electrons. The molecule has 0 atom stereocenters. The lowest BCUT2D eigenvalue weighted by molar-refractivity contribution is 0.493. The molecule has 32 heavy (non-hydrogen) atoms. The number of hydrogen-bond acceptors (Lipinski definition) is 9. The molecule has 3 heterocycles. The van der Waals surface area contributed by atoms with E-state index < -0.39 is 30.0 Å². The number of benzene rings is 2. The number of nitrogens with zero attached hydrogens (tertiary/aromatic N) is 4. The Morgan fingerprint density at radius 3 is 2.50 bits per heavy atom. The van der Waals surface area contributed by atoms with Gasteiger partial charge in [-0.3, -0.25) is 4.98 Å². The van der Waals surface area contributed by atoms with E-state index in [4.69, 9.17) is 5.14 Å². The van der Waals surface area contributed by atoms with Gasteiger partial charge in [0.05, 0.1) is 15.7 Å². The second-order valence-corrected chi connectivity index (χ2v) is 11.0. The molecule has 13 heteroatoms. The molecule has 0 bridgehead atoms. The van der Waals surface area contributed by atoms with Crippen molar-refractivity contribution in [3.63, 3.8) is 0 Å². The molecule has 2 aromatic carbocycles. The van der Waals surface area contributed by atoms with Gasteiger partial charge in [-0.2, -0.15) is 0 Å². The molecular weight excluding hydrogens is 454 g/mol.